The number of esters is 1. The highest BCUT2D eigenvalue weighted by Gasteiger charge is 2.18. The lowest BCUT2D eigenvalue weighted by atomic mass is 10.5. The van der Waals surface area contributed by atoms with E-state index in [9.17, 15) is 4.79 Å². The Labute approximate surface area is 131 Å². The van der Waals surface area contributed by atoms with Crippen LogP contribution in [-0.4, -0.2) is 29.4 Å². The first kappa shape index (κ1) is 14.1. The van der Waals surface area contributed by atoms with Gasteiger partial charge in [0.15, 0.2) is 6.61 Å². The maximum Gasteiger partial charge on any atom is 0.377 e. The zero-order chi connectivity index (χ0) is 14.7. The fraction of sp³-hybridized carbons (Fsp3) is 0.250. The van der Waals surface area contributed by atoms with E-state index in [4.69, 9.17) is 18.6 Å². The molecule has 2 aromatic heterocycles. The number of carbonyl (C=O) groups is 1. The van der Waals surface area contributed by atoms with Crippen LogP contribution in [0, 0.1) is 0 Å². The van der Waals surface area contributed by atoms with Crippen LogP contribution >= 0.6 is 27.3 Å². The van der Waals surface area contributed by atoms with Gasteiger partial charge in [-0.1, -0.05) is 0 Å². The summed E-state index contributed by atoms with van der Waals surface area (Å²) in [6.45, 7) is 0.609. The summed E-state index contributed by atoms with van der Waals surface area (Å²) in [5.74, 6) is -0.00934. The van der Waals surface area contributed by atoms with E-state index in [1.54, 1.807) is 0 Å². The van der Waals surface area contributed by atoms with E-state index in [1.807, 2.05) is 12.1 Å². The molecular formula is C12H9BrN2O5S. The predicted octanol–water partition coefficient (Wildman–Crippen LogP) is 2.49. The molecule has 0 amide bonds. The molecule has 0 atom stereocenters. The van der Waals surface area contributed by atoms with Crippen molar-refractivity contribution in [3.8, 4) is 10.8 Å². The molecular weight excluding hydrogens is 364 g/mol. The van der Waals surface area contributed by atoms with Crippen molar-refractivity contribution < 1.29 is 23.4 Å². The summed E-state index contributed by atoms with van der Waals surface area (Å²) < 4.78 is 21.5. The summed E-state index contributed by atoms with van der Waals surface area (Å²) in [5, 5.41) is 7.73. The zero-order valence-electron chi connectivity index (χ0n) is 10.6. The Balaban J connectivity index is 1.60. The van der Waals surface area contributed by atoms with Crippen molar-refractivity contribution in [3.05, 3.63) is 33.8 Å². The lowest BCUT2D eigenvalue weighted by Crippen LogP contribution is -2.17. The van der Waals surface area contributed by atoms with Crippen LogP contribution < -0.4 is 0 Å². The van der Waals surface area contributed by atoms with Gasteiger partial charge in [-0.3, -0.25) is 0 Å². The quantitative estimate of drug-likeness (QED) is 0.762. The van der Waals surface area contributed by atoms with Crippen LogP contribution in [0.3, 0.4) is 0 Å². The first-order valence-electron chi connectivity index (χ1n) is 5.92. The largest absolute Gasteiger partial charge is 0.493 e. The molecule has 0 unspecified atom stereocenters. The summed E-state index contributed by atoms with van der Waals surface area (Å²) in [4.78, 5) is 12.5. The van der Waals surface area contributed by atoms with Gasteiger partial charge in [0, 0.05) is 0 Å². The van der Waals surface area contributed by atoms with Crippen molar-refractivity contribution in [2.24, 2.45) is 0 Å². The monoisotopic (exact) mass is 372 g/mol. The van der Waals surface area contributed by atoms with E-state index >= 15 is 0 Å². The molecule has 0 spiro atoms. The normalized spacial score (nSPS) is 14.0. The van der Waals surface area contributed by atoms with Crippen LogP contribution in [0.4, 0.5) is 0 Å². The Morgan fingerprint density at radius 3 is 3.00 bits per heavy atom. The van der Waals surface area contributed by atoms with Gasteiger partial charge in [-0.2, -0.15) is 0 Å². The number of rotatable bonds is 4. The average Bonchev–Trinajstić information content (AvgIpc) is 3.14. The van der Waals surface area contributed by atoms with Gasteiger partial charge in [0.1, 0.15) is 19.5 Å². The van der Waals surface area contributed by atoms with Crippen molar-refractivity contribution in [3.63, 3.8) is 0 Å². The van der Waals surface area contributed by atoms with Gasteiger partial charge in [0.2, 0.25) is 5.76 Å². The Bertz CT molecular complexity index is 681. The summed E-state index contributed by atoms with van der Waals surface area (Å²) in [6.07, 6.45) is 1.23. The van der Waals surface area contributed by atoms with Gasteiger partial charge in [-0.15, -0.1) is 21.5 Å². The van der Waals surface area contributed by atoms with Crippen molar-refractivity contribution in [1.82, 2.24) is 10.2 Å². The molecule has 1 aliphatic rings. The van der Waals surface area contributed by atoms with Crippen molar-refractivity contribution in [2.75, 3.05) is 13.2 Å². The van der Waals surface area contributed by atoms with Crippen molar-refractivity contribution in [2.45, 2.75) is 6.61 Å². The fourth-order valence-electron chi connectivity index (χ4n) is 1.51. The third kappa shape index (κ3) is 3.42. The molecule has 0 fully saturated rings. The van der Waals surface area contributed by atoms with E-state index in [-0.39, 0.29) is 18.3 Å². The minimum atomic E-state index is -0.631. The molecule has 0 N–H and O–H groups in total. The third-order valence-electron chi connectivity index (χ3n) is 2.43. The zero-order valence-corrected chi connectivity index (χ0v) is 13.0. The second-order valence-electron chi connectivity index (χ2n) is 3.88. The van der Waals surface area contributed by atoms with Crippen LogP contribution in [0.2, 0.25) is 0 Å². The van der Waals surface area contributed by atoms with E-state index in [1.165, 1.54) is 17.6 Å². The van der Waals surface area contributed by atoms with Gasteiger partial charge in [0.05, 0.1) is 8.66 Å². The molecule has 2 aromatic rings. The van der Waals surface area contributed by atoms with Crippen LogP contribution in [0.15, 0.2) is 32.4 Å². The van der Waals surface area contributed by atoms with Crippen molar-refractivity contribution >= 4 is 33.2 Å². The molecule has 0 bridgehead atoms. The minimum absolute atomic E-state index is 0.0307. The van der Waals surface area contributed by atoms with Crippen molar-refractivity contribution in [1.29, 1.82) is 0 Å². The van der Waals surface area contributed by atoms with Gasteiger partial charge in [-0.05, 0) is 28.1 Å². The topological polar surface area (TPSA) is 83.7 Å². The molecule has 0 radical (unpaired) electrons. The van der Waals surface area contributed by atoms with Crippen LogP contribution in [0.5, 0.6) is 0 Å². The second-order valence-corrected chi connectivity index (χ2v) is 6.35. The number of hydrogen-bond donors (Lipinski definition) is 0. The predicted molar refractivity (Wildman–Crippen MR) is 75.1 cm³/mol. The molecule has 110 valence electrons. The fourth-order valence-corrected chi connectivity index (χ4v) is 2.82. The molecule has 0 aliphatic carbocycles. The van der Waals surface area contributed by atoms with E-state index in [0.29, 0.717) is 19.1 Å². The van der Waals surface area contributed by atoms with Crippen LogP contribution in [0.25, 0.3) is 10.8 Å². The summed E-state index contributed by atoms with van der Waals surface area (Å²) in [5.41, 5.74) is 0. The Morgan fingerprint density at radius 1 is 1.38 bits per heavy atom. The van der Waals surface area contributed by atoms with Crippen LogP contribution in [0.1, 0.15) is 5.89 Å². The van der Waals surface area contributed by atoms with Gasteiger partial charge >= 0.3 is 5.97 Å². The van der Waals surface area contributed by atoms with E-state index in [2.05, 4.69) is 26.1 Å². The summed E-state index contributed by atoms with van der Waals surface area (Å²) >= 11 is 4.83. The number of thiophene rings is 1. The summed E-state index contributed by atoms with van der Waals surface area (Å²) in [7, 11) is 0. The van der Waals surface area contributed by atoms with Gasteiger partial charge < -0.3 is 18.6 Å². The molecule has 7 nitrogen and oxygen atoms in total. The smallest absolute Gasteiger partial charge is 0.377 e. The van der Waals surface area contributed by atoms with Gasteiger partial charge in [-0.25, -0.2) is 4.79 Å². The Hall–Kier alpha value is -1.87. The number of halogens is 1. The number of carbonyl (C=O) groups excluding carboxylic acids is 1. The molecule has 0 saturated heterocycles. The minimum Gasteiger partial charge on any atom is -0.493 e. The highest BCUT2D eigenvalue weighted by Crippen LogP contribution is 2.30. The van der Waals surface area contributed by atoms with E-state index in [0.717, 1.165) is 8.66 Å². The number of ether oxygens (including phenoxy) is 3. The Morgan fingerprint density at radius 2 is 2.29 bits per heavy atom. The SMILES string of the molecule is O=C(OCc1nnc(-c2ccc(Br)s2)o1)C1=COCCO1. The number of aromatic nitrogens is 2. The highest BCUT2D eigenvalue weighted by molar-refractivity contribution is 9.11. The number of nitrogens with zero attached hydrogens (tertiary/aromatic N) is 2. The maximum absolute atomic E-state index is 11.7. The first-order valence-corrected chi connectivity index (χ1v) is 7.53. The van der Waals surface area contributed by atoms with Crippen LogP contribution in [-0.2, 0) is 25.6 Å². The third-order valence-corrected chi connectivity index (χ3v) is 4.04. The highest BCUT2D eigenvalue weighted by atomic mass is 79.9. The molecule has 3 heterocycles. The molecule has 0 aromatic carbocycles. The second kappa shape index (κ2) is 6.27. The lowest BCUT2D eigenvalue weighted by molar-refractivity contribution is -0.146. The maximum atomic E-state index is 11.7. The molecule has 9 heteroatoms. The van der Waals surface area contributed by atoms with Gasteiger partial charge in [0.25, 0.3) is 11.8 Å². The average molecular weight is 373 g/mol. The molecule has 0 saturated carbocycles. The standard InChI is InChI=1S/C12H9BrN2O5S/c13-9-2-1-8(21-9)11-15-14-10(20-11)6-19-12(16)7-5-17-3-4-18-7/h1-2,5H,3-4,6H2. The lowest BCUT2D eigenvalue weighted by Gasteiger charge is -2.13. The summed E-state index contributed by atoms with van der Waals surface area (Å²) in [6, 6.07) is 3.74. The number of hydrogen-bond acceptors (Lipinski definition) is 8. The first-order chi connectivity index (χ1) is 10.2. The Kier molecular flexibility index (Phi) is 4.20. The van der Waals surface area contributed by atoms with E-state index < -0.39 is 5.97 Å². The molecule has 21 heavy (non-hydrogen) atoms. The molecule has 3 rings (SSSR count). The molecule has 1 aliphatic heterocycles.